The minimum absolute atomic E-state index is 0.0543. The first kappa shape index (κ1) is 12.2. The fourth-order valence-electron chi connectivity index (χ4n) is 2.65. The number of benzene rings is 1. The van der Waals surface area contributed by atoms with E-state index in [9.17, 15) is 4.79 Å². The van der Waals surface area contributed by atoms with Crippen molar-refractivity contribution in [3.63, 3.8) is 0 Å². The molecule has 1 aromatic carbocycles. The molecule has 0 amide bonds. The zero-order chi connectivity index (χ0) is 12.4. The number of ketones is 1. The van der Waals surface area contributed by atoms with Gasteiger partial charge in [-0.05, 0) is 37.3 Å². The van der Waals surface area contributed by atoms with Crippen LogP contribution in [0.4, 0.5) is 5.69 Å². The van der Waals surface area contributed by atoms with E-state index in [2.05, 4.69) is 43.0 Å². The van der Waals surface area contributed by atoms with Gasteiger partial charge in [-0.1, -0.05) is 32.0 Å². The van der Waals surface area contributed by atoms with Gasteiger partial charge in [-0.3, -0.25) is 4.79 Å². The van der Waals surface area contributed by atoms with Crippen molar-refractivity contribution in [1.29, 1.82) is 0 Å². The van der Waals surface area contributed by atoms with E-state index in [4.69, 9.17) is 0 Å². The highest BCUT2D eigenvalue weighted by molar-refractivity contribution is 5.85. The summed E-state index contributed by atoms with van der Waals surface area (Å²) >= 11 is 0. The number of carbonyl (C=O) groups excluding carboxylic acids is 1. The predicted molar refractivity (Wildman–Crippen MR) is 71.4 cm³/mol. The number of Topliss-reactive ketones (excluding diaryl/α,β-unsaturated/α-hetero) is 1. The highest BCUT2D eigenvalue weighted by Gasteiger charge is 2.28. The van der Waals surface area contributed by atoms with Crippen LogP contribution in [0.25, 0.3) is 0 Å². The molecule has 1 aromatic rings. The number of anilines is 1. The van der Waals surface area contributed by atoms with Crippen LogP contribution in [0.5, 0.6) is 0 Å². The first-order valence-electron chi connectivity index (χ1n) is 6.44. The molecule has 2 rings (SSSR count). The molecule has 1 aliphatic rings. The molecule has 0 radical (unpaired) electrons. The Balaban J connectivity index is 2.24. The third kappa shape index (κ3) is 2.51. The van der Waals surface area contributed by atoms with Crippen LogP contribution < -0.4 is 4.90 Å². The van der Waals surface area contributed by atoms with E-state index < -0.39 is 0 Å². The standard InChI is InChI=1S/C15H21NO/c1-11(2)10-15(12(3)17)16-9-8-13-6-4-5-7-14(13)16/h4-7,11,15H,8-10H2,1-3H3. The second kappa shape index (κ2) is 4.91. The summed E-state index contributed by atoms with van der Waals surface area (Å²) in [5, 5.41) is 0. The van der Waals surface area contributed by atoms with Crippen molar-refractivity contribution in [2.45, 2.75) is 39.7 Å². The first-order chi connectivity index (χ1) is 8.09. The molecule has 1 atom stereocenters. The summed E-state index contributed by atoms with van der Waals surface area (Å²) in [7, 11) is 0. The fourth-order valence-corrected chi connectivity index (χ4v) is 2.65. The van der Waals surface area contributed by atoms with Crippen molar-refractivity contribution in [2.24, 2.45) is 5.92 Å². The van der Waals surface area contributed by atoms with Gasteiger partial charge in [0.2, 0.25) is 0 Å². The van der Waals surface area contributed by atoms with Gasteiger partial charge in [0.15, 0.2) is 5.78 Å². The van der Waals surface area contributed by atoms with Gasteiger partial charge in [-0.25, -0.2) is 0 Å². The van der Waals surface area contributed by atoms with Crippen molar-refractivity contribution in [2.75, 3.05) is 11.4 Å². The van der Waals surface area contributed by atoms with Crippen LogP contribution >= 0.6 is 0 Å². The summed E-state index contributed by atoms with van der Waals surface area (Å²) in [4.78, 5) is 14.1. The van der Waals surface area contributed by atoms with Gasteiger partial charge in [0.1, 0.15) is 0 Å². The normalized spacial score (nSPS) is 16.1. The van der Waals surface area contributed by atoms with Crippen LogP contribution in [0.15, 0.2) is 24.3 Å². The number of nitrogens with zero attached hydrogens (tertiary/aromatic N) is 1. The highest BCUT2D eigenvalue weighted by atomic mass is 16.1. The lowest BCUT2D eigenvalue weighted by Gasteiger charge is -2.29. The van der Waals surface area contributed by atoms with Gasteiger partial charge in [-0.15, -0.1) is 0 Å². The zero-order valence-corrected chi connectivity index (χ0v) is 10.9. The van der Waals surface area contributed by atoms with Crippen molar-refractivity contribution in [3.8, 4) is 0 Å². The van der Waals surface area contributed by atoms with Crippen LogP contribution in [-0.2, 0) is 11.2 Å². The maximum atomic E-state index is 11.8. The van der Waals surface area contributed by atoms with Crippen LogP contribution in [0, 0.1) is 5.92 Å². The third-order valence-corrected chi connectivity index (χ3v) is 3.46. The summed E-state index contributed by atoms with van der Waals surface area (Å²) in [5.41, 5.74) is 2.64. The SMILES string of the molecule is CC(=O)C(CC(C)C)N1CCc2ccccc21. The average molecular weight is 231 g/mol. The monoisotopic (exact) mass is 231 g/mol. The molecule has 0 bridgehead atoms. The second-order valence-corrected chi connectivity index (χ2v) is 5.33. The Bertz CT molecular complexity index is 411. The van der Waals surface area contributed by atoms with Crippen LogP contribution in [0.1, 0.15) is 32.8 Å². The van der Waals surface area contributed by atoms with Gasteiger partial charge in [0.25, 0.3) is 0 Å². The predicted octanol–water partition coefficient (Wildman–Crippen LogP) is 3.05. The first-order valence-corrected chi connectivity index (χ1v) is 6.44. The quantitative estimate of drug-likeness (QED) is 0.793. The topological polar surface area (TPSA) is 20.3 Å². The number of carbonyl (C=O) groups is 1. The summed E-state index contributed by atoms with van der Waals surface area (Å²) < 4.78 is 0. The van der Waals surface area contributed by atoms with Gasteiger partial charge < -0.3 is 4.90 Å². The molecule has 2 heteroatoms. The van der Waals surface area contributed by atoms with E-state index in [1.807, 2.05) is 0 Å². The second-order valence-electron chi connectivity index (χ2n) is 5.33. The average Bonchev–Trinajstić information content (AvgIpc) is 2.69. The van der Waals surface area contributed by atoms with Gasteiger partial charge in [0, 0.05) is 12.2 Å². The van der Waals surface area contributed by atoms with Crippen molar-refractivity contribution in [3.05, 3.63) is 29.8 Å². The summed E-state index contributed by atoms with van der Waals surface area (Å²) in [5.74, 6) is 0.840. The fraction of sp³-hybridized carbons (Fsp3) is 0.533. The Morgan fingerprint density at radius 1 is 1.35 bits per heavy atom. The Kier molecular flexibility index (Phi) is 3.51. The number of rotatable bonds is 4. The van der Waals surface area contributed by atoms with E-state index in [1.54, 1.807) is 6.92 Å². The Hall–Kier alpha value is -1.31. The van der Waals surface area contributed by atoms with Crippen LogP contribution in [-0.4, -0.2) is 18.4 Å². The molecule has 0 spiro atoms. The van der Waals surface area contributed by atoms with E-state index in [1.165, 1.54) is 11.3 Å². The van der Waals surface area contributed by atoms with E-state index in [-0.39, 0.29) is 11.8 Å². The Morgan fingerprint density at radius 2 is 2.06 bits per heavy atom. The van der Waals surface area contributed by atoms with E-state index in [0.29, 0.717) is 5.92 Å². The summed E-state index contributed by atoms with van der Waals surface area (Å²) in [6.45, 7) is 7.06. The van der Waals surface area contributed by atoms with Crippen molar-refractivity contribution in [1.82, 2.24) is 0 Å². The van der Waals surface area contributed by atoms with Gasteiger partial charge >= 0.3 is 0 Å². The largest absolute Gasteiger partial charge is 0.361 e. The zero-order valence-electron chi connectivity index (χ0n) is 10.9. The minimum atomic E-state index is 0.0543. The molecule has 0 saturated heterocycles. The molecule has 0 aromatic heterocycles. The van der Waals surface area contributed by atoms with Crippen LogP contribution in [0.3, 0.4) is 0 Å². The molecular weight excluding hydrogens is 210 g/mol. The number of fused-ring (bicyclic) bond motifs is 1. The Labute approximate surface area is 104 Å². The highest BCUT2D eigenvalue weighted by Crippen LogP contribution is 2.31. The van der Waals surface area contributed by atoms with Gasteiger partial charge in [0.05, 0.1) is 6.04 Å². The minimum Gasteiger partial charge on any atom is -0.361 e. The lowest BCUT2D eigenvalue weighted by Crippen LogP contribution is -2.40. The van der Waals surface area contributed by atoms with E-state index >= 15 is 0 Å². The summed E-state index contributed by atoms with van der Waals surface area (Å²) in [6.07, 6.45) is 2.02. The molecular formula is C15H21NO. The molecule has 0 saturated carbocycles. The molecule has 17 heavy (non-hydrogen) atoms. The van der Waals surface area contributed by atoms with Crippen molar-refractivity contribution < 1.29 is 4.79 Å². The Morgan fingerprint density at radius 3 is 2.71 bits per heavy atom. The number of hydrogen-bond acceptors (Lipinski definition) is 2. The summed E-state index contributed by atoms with van der Waals surface area (Å²) in [6, 6.07) is 8.50. The molecule has 0 N–H and O–H groups in total. The number of para-hydroxylation sites is 1. The molecule has 0 aliphatic carbocycles. The lowest BCUT2D eigenvalue weighted by molar-refractivity contribution is -0.118. The van der Waals surface area contributed by atoms with Crippen molar-refractivity contribution >= 4 is 11.5 Å². The molecule has 0 fully saturated rings. The van der Waals surface area contributed by atoms with Crippen LogP contribution in [0.2, 0.25) is 0 Å². The van der Waals surface area contributed by atoms with E-state index in [0.717, 1.165) is 19.4 Å². The van der Waals surface area contributed by atoms with Gasteiger partial charge in [-0.2, -0.15) is 0 Å². The molecule has 92 valence electrons. The molecule has 1 unspecified atom stereocenters. The maximum Gasteiger partial charge on any atom is 0.152 e. The number of hydrogen-bond donors (Lipinski definition) is 0. The maximum absolute atomic E-state index is 11.8. The third-order valence-electron chi connectivity index (χ3n) is 3.46. The molecule has 1 aliphatic heterocycles. The molecule has 2 nitrogen and oxygen atoms in total. The molecule has 1 heterocycles. The smallest absolute Gasteiger partial charge is 0.152 e. The lowest BCUT2D eigenvalue weighted by atomic mass is 9.99.